The van der Waals surface area contributed by atoms with E-state index in [0.717, 1.165) is 12.8 Å². The van der Waals surface area contributed by atoms with E-state index in [4.69, 9.17) is 0 Å². The van der Waals surface area contributed by atoms with Crippen LogP contribution in [0.4, 0.5) is 0 Å². The van der Waals surface area contributed by atoms with Crippen LogP contribution < -0.4 is 31.8 Å². The van der Waals surface area contributed by atoms with E-state index in [2.05, 4.69) is 158 Å². The third-order valence-corrected chi connectivity index (χ3v) is 12.6. The van der Waals surface area contributed by atoms with Crippen LogP contribution in [0.5, 0.6) is 0 Å². The number of benzene rings is 6. The first-order valence-electron chi connectivity index (χ1n) is 13.9. The Hall–Kier alpha value is -3.82. The number of hydrogen-bond donors (Lipinski definition) is 0. The summed E-state index contributed by atoms with van der Waals surface area (Å²) in [4.78, 5) is 0. The van der Waals surface area contributed by atoms with Crippen molar-refractivity contribution in [1.29, 1.82) is 0 Å². The predicted molar refractivity (Wildman–Crippen MR) is 177 cm³/mol. The molecule has 0 amide bonds. The van der Waals surface area contributed by atoms with Crippen molar-refractivity contribution in [3.05, 3.63) is 169 Å². The lowest BCUT2D eigenvalue weighted by Gasteiger charge is -2.26. The van der Waals surface area contributed by atoms with Gasteiger partial charge >= 0.3 is 0 Å². The fourth-order valence-corrected chi connectivity index (χ4v) is 10.5. The highest BCUT2D eigenvalue weighted by Gasteiger charge is 2.23. The predicted octanol–water partition coefficient (Wildman–Crippen LogP) is 6.97. The molecule has 0 spiro atoms. The average molecular weight is 549 g/mol. The van der Waals surface area contributed by atoms with Crippen molar-refractivity contribution < 1.29 is 0 Å². The van der Waals surface area contributed by atoms with E-state index in [1.165, 1.54) is 54.1 Å². The summed E-state index contributed by atoms with van der Waals surface area (Å²) in [5.41, 5.74) is 5.75. The lowest BCUT2D eigenvalue weighted by Crippen LogP contribution is -2.22. The fourth-order valence-electron chi connectivity index (χ4n) is 5.85. The van der Waals surface area contributed by atoms with E-state index in [-0.39, 0.29) is 0 Å². The topological polar surface area (TPSA) is 0 Å². The zero-order chi connectivity index (χ0) is 26.7. The van der Waals surface area contributed by atoms with E-state index >= 15 is 0 Å². The summed E-state index contributed by atoms with van der Waals surface area (Å²) in [6.07, 6.45) is 2.17. The second-order valence-corrected chi connectivity index (χ2v) is 14.6. The van der Waals surface area contributed by atoms with Crippen LogP contribution in [0.1, 0.15) is 11.1 Å². The van der Waals surface area contributed by atoms with Gasteiger partial charge in [0.1, 0.15) is 0 Å². The SMILES string of the molecule is c1ccc(P(c2ccccc2)c2ccc3c(c2)CCc2cc(P(c4ccccc4)c4ccccc4)ccc2-3)cc1. The molecule has 0 nitrogen and oxygen atoms in total. The molecular formula is C38H30P2. The van der Waals surface area contributed by atoms with Crippen molar-refractivity contribution in [3.63, 3.8) is 0 Å². The van der Waals surface area contributed by atoms with Crippen molar-refractivity contribution >= 4 is 47.7 Å². The van der Waals surface area contributed by atoms with Gasteiger partial charge in [-0.15, -0.1) is 0 Å². The molecule has 2 heteroatoms. The highest BCUT2D eigenvalue weighted by Crippen LogP contribution is 2.40. The molecular weight excluding hydrogens is 518 g/mol. The van der Waals surface area contributed by atoms with E-state index < -0.39 is 15.8 Å². The Morgan fingerprint density at radius 3 is 0.900 bits per heavy atom. The van der Waals surface area contributed by atoms with Crippen LogP contribution in [-0.2, 0) is 12.8 Å². The summed E-state index contributed by atoms with van der Waals surface area (Å²) in [5, 5.41) is 8.48. The molecule has 1 aliphatic rings. The first kappa shape index (κ1) is 25.2. The summed E-state index contributed by atoms with van der Waals surface area (Å²) in [6.45, 7) is 0. The summed E-state index contributed by atoms with van der Waals surface area (Å²) in [7, 11) is -1.18. The molecule has 6 aromatic carbocycles. The van der Waals surface area contributed by atoms with E-state index in [9.17, 15) is 0 Å². The molecule has 40 heavy (non-hydrogen) atoms. The largest absolute Gasteiger partial charge is 0.0622 e. The van der Waals surface area contributed by atoms with Gasteiger partial charge < -0.3 is 0 Å². The van der Waals surface area contributed by atoms with Crippen LogP contribution in [0.3, 0.4) is 0 Å². The summed E-state index contributed by atoms with van der Waals surface area (Å²) in [5.74, 6) is 0. The van der Waals surface area contributed by atoms with Gasteiger partial charge in [-0.2, -0.15) is 0 Å². The maximum atomic E-state index is 2.50. The van der Waals surface area contributed by atoms with Crippen molar-refractivity contribution in [2.75, 3.05) is 0 Å². The van der Waals surface area contributed by atoms with Crippen molar-refractivity contribution in [3.8, 4) is 11.1 Å². The summed E-state index contributed by atoms with van der Waals surface area (Å²) < 4.78 is 0. The Labute approximate surface area is 239 Å². The molecule has 1 aliphatic carbocycles. The number of aryl methyl sites for hydroxylation is 2. The van der Waals surface area contributed by atoms with Gasteiger partial charge in [0.2, 0.25) is 0 Å². The molecule has 0 bridgehead atoms. The molecule has 0 radical (unpaired) electrons. The van der Waals surface area contributed by atoms with E-state index in [0.29, 0.717) is 0 Å². The normalized spacial score (nSPS) is 12.2. The van der Waals surface area contributed by atoms with Gasteiger partial charge in [-0.3, -0.25) is 0 Å². The van der Waals surface area contributed by atoms with Gasteiger partial charge in [0.05, 0.1) is 0 Å². The highest BCUT2D eigenvalue weighted by atomic mass is 31.1. The number of hydrogen-bond acceptors (Lipinski definition) is 0. The molecule has 0 atom stereocenters. The van der Waals surface area contributed by atoms with Gasteiger partial charge in [-0.25, -0.2) is 0 Å². The third-order valence-electron chi connectivity index (χ3n) is 7.71. The highest BCUT2D eigenvalue weighted by molar-refractivity contribution is 7.80. The smallest absolute Gasteiger partial charge is 0.0134 e. The zero-order valence-electron chi connectivity index (χ0n) is 22.3. The van der Waals surface area contributed by atoms with Crippen molar-refractivity contribution in [1.82, 2.24) is 0 Å². The molecule has 0 heterocycles. The molecule has 192 valence electrons. The maximum Gasteiger partial charge on any atom is -0.0134 e. The van der Waals surface area contributed by atoms with Gasteiger partial charge in [-0.05, 0) is 82.8 Å². The standard InChI is InChI=1S/C38H30P2/c1-5-13-31(14-6-1)39(32-15-7-2-8-16-32)35-23-25-37-29(27-35)21-22-30-28-36(24-26-38(30)37)40(33-17-9-3-10-18-33)34-19-11-4-12-20-34/h1-20,23-28H,21-22H2. The summed E-state index contributed by atoms with van der Waals surface area (Å²) in [6, 6.07) is 58.6. The Kier molecular flexibility index (Phi) is 7.14. The molecule has 7 rings (SSSR count). The van der Waals surface area contributed by atoms with E-state index in [1.807, 2.05) is 0 Å². The lowest BCUT2D eigenvalue weighted by molar-refractivity contribution is 0.944. The van der Waals surface area contributed by atoms with Gasteiger partial charge in [0.25, 0.3) is 0 Å². The lowest BCUT2D eigenvalue weighted by atomic mass is 9.86. The van der Waals surface area contributed by atoms with Crippen molar-refractivity contribution in [2.24, 2.45) is 0 Å². The second kappa shape index (κ2) is 11.3. The quantitative estimate of drug-likeness (QED) is 0.197. The molecule has 0 aromatic heterocycles. The Balaban J connectivity index is 1.28. The minimum absolute atomic E-state index is 0.591. The maximum absolute atomic E-state index is 2.50. The monoisotopic (exact) mass is 548 g/mol. The Bertz CT molecular complexity index is 1520. The molecule has 0 aliphatic heterocycles. The molecule has 0 saturated carbocycles. The Morgan fingerprint density at radius 2 is 0.600 bits per heavy atom. The molecule has 0 fully saturated rings. The molecule has 0 saturated heterocycles. The zero-order valence-corrected chi connectivity index (χ0v) is 24.1. The second-order valence-electron chi connectivity index (χ2n) is 10.2. The Morgan fingerprint density at radius 1 is 0.300 bits per heavy atom. The summed E-state index contributed by atoms with van der Waals surface area (Å²) >= 11 is 0. The average Bonchev–Trinajstić information content (AvgIpc) is 3.03. The van der Waals surface area contributed by atoms with Crippen LogP contribution in [-0.4, -0.2) is 0 Å². The number of fused-ring (bicyclic) bond motifs is 3. The van der Waals surface area contributed by atoms with Crippen LogP contribution in [0, 0.1) is 0 Å². The minimum Gasteiger partial charge on any atom is -0.0622 e. The molecule has 0 N–H and O–H groups in total. The van der Waals surface area contributed by atoms with Crippen LogP contribution in [0.25, 0.3) is 11.1 Å². The van der Waals surface area contributed by atoms with Crippen LogP contribution in [0.2, 0.25) is 0 Å². The van der Waals surface area contributed by atoms with Crippen molar-refractivity contribution in [2.45, 2.75) is 12.8 Å². The van der Waals surface area contributed by atoms with E-state index in [1.54, 1.807) is 0 Å². The number of rotatable bonds is 6. The first-order chi connectivity index (χ1) is 19.8. The van der Waals surface area contributed by atoms with Gasteiger partial charge in [0.15, 0.2) is 0 Å². The minimum atomic E-state index is -0.591. The first-order valence-corrected chi connectivity index (χ1v) is 16.6. The molecule has 0 unspecified atom stereocenters. The van der Waals surface area contributed by atoms with Crippen LogP contribution in [0.15, 0.2) is 158 Å². The van der Waals surface area contributed by atoms with Gasteiger partial charge in [-0.1, -0.05) is 158 Å². The third kappa shape index (κ3) is 4.95. The van der Waals surface area contributed by atoms with Crippen LogP contribution >= 0.6 is 15.8 Å². The fraction of sp³-hybridized carbons (Fsp3) is 0.0526. The molecule has 6 aromatic rings. The van der Waals surface area contributed by atoms with Gasteiger partial charge in [0, 0.05) is 0 Å².